The van der Waals surface area contributed by atoms with Crippen LogP contribution in [0.4, 0.5) is 0 Å². The SMILES string of the molecule is Cc1ccc(C)c(CN2CCc3ccccc3C2=O)c1. The quantitative estimate of drug-likeness (QED) is 0.813. The van der Waals surface area contributed by atoms with Crippen molar-refractivity contribution in [1.82, 2.24) is 4.90 Å². The van der Waals surface area contributed by atoms with Gasteiger partial charge in [-0.25, -0.2) is 0 Å². The molecule has 0 fully saturated rings. The first kappa shape index (κ1) is 12.9. The fourth-order valence-electron chi connectivity index (χ4n) is 2.80. The summed E-state index contributed by atoms with van der Waals surface area (Å²) in [6, 6.07) is 14.4. The zero-order chi connectivity index (χ0) is 14.1. The van der Waals surface area contributed by atoms with Crippen molar-refractivity contribution < 1.29 is 4.79 Å². The lowest BCUT2D eigenvalue weighted by Gasteiger charge is -2.29. The van der Waals surface area contributed by atoms with E-state index in [0.717, 1.165) is 18.5 Å². The number of carbonyl (C=O) groups excluding carboxylic acids is 1. The summed E-state index contributed by atoms with van der Waals surface area (Å²) in [5.74, 6) is 0.160. The molecule has 0 aromatic heterocycles. The zero-order valence-corrected chi connectivity index (χ0v) is 12.0. The largest absolute Gasteiger partial charge is 0.334 e. The molecule has 0 unspecified atom stereocenters. The predicted molar refractivity (Wildman–Crippen MR) is 80.8 cm³/mol. The lowest BCUT2D eigenvalue weighted by atomic mass is 9.98. The Morgan fingerprint density at radius 2 is 1.90 bits per heavy atom. The van der Waals surface area contributed by atoms with Crippen LogP contribution < -0.4 is 0 Å². The molecule has 0 radical (unpaired) electrons. The van der Waals surface area contributed by atoms with E-state index in [1.165, 1.54) is 22.3 Å². The molecule has 0 saturated carbocycles. The highest BCUT2D eigenvalue weighted by Gasteiger charge is 2.23. The highest BCUT2D eigenvalue weighted by atomic mass is 16.2. The molecule has 0 bridgehead atoms. The van der Waals surface area contributed by atoms with Crippen LogP contribution in [0.1, 0.15) is 32.6 Å². The van der Waals surface area contributed by atoms with E-state index >= 15 is 0 Å². The molecule has 1 aliphatic heterocycles. The monoisotopic (exact) mass is 265 g/mol. The zero-order valence-electron chi connectivity index (χ0n) is 12.0. The third kappa shape index (κ3) is 2.34. The maximum atomic E-state index is 12.5. The van der Waals surface area contributed by atoms with Crippen LogP contribution in [0.15, 0.2) is 42.5 Å². The Bertz CT molecular complexity index is 660. The number of rotatable bonds is 2. The fraction of sp³-hybridized carbons (Fsp3) is 0.278. The topological polar surface area (TPSA) is 20.3 Å². The normalized spacial score (nSPS) is 14.3. The van der Waals surface area contributed by atoms with Crippen LogP contribution in [0, 0.1) is 13.8 Å². The van der Waals surface area contributed by atoms with Gasteiger partial charge in [-0.15, -0.1) is 0 Å². The number of fused-ring (bicyclic) bond motifs is 1. The van der Waals surface area contributed by atoms with Crippen molar-refractivity contribution in [3.63, 3.8) is 0 Å². The van der Waals surface area contributed by atoms with Gasteiger partial charge in [0, 0.05) is 18.7 Å². The van der Waals surface area contributed by atoms with Crippen LogP contribution in [-0.4, -0.2) is 17.4 Å². The van der Waals surface area contributed by atoms with Crippen LogP contribution in [0.25, 0.3) is 0 Å². The van der Waals surface area contributed by atoms with Crippen LogP contribution >= 0.6 is 0 Å². The van der Waals surface area contributed by atoms with Gasteiger partial charge in [-0.2, -0.15) is 0 Å². The smallest absolute Gasteiger partial charge is 0.254 e. The van der Waals surface area contributed by atoms with Crippen molar-refractivity contribution in [3.8, 4) is 0 Å². The van der Waals surface area contributed by atoms with Gasteiger partial charge in [0.2, 0.25) is 0 Å². The molecule has 2 aromatic carbocycles. The molecule has 1 heterocycles. The number of nitrogens with zero attached hydrogens (tertiary/aromatic N) is 1. The Morgan fingerprint density at radius 1 is 1.10 bits per heavy atom. The van der Waals surface area contributed by atoms with Crippen LogP contribution in [-0.2, 0) is 13.0 Å². The van der Waals surface area contributed by atoms with Crippen LogP contribution in [0.3, 0.4) is 0 Å². The lowest BCUT2D eigenvalue weighted by molar-refractivity contribution is 0.0727. The summed E-state index contributed by atoms with van der Waals surface area (Å²) >= 11 is 0. The molecule has 0 saturated heterocycles. The molecule has 0 N–H and O–H groups in total. The Labute approximate surface area is 120 Å². The molecule has 102 valence electrons. The van der Waals surface area contributed by atoms with Crippen molar-refractivity contribution in [1.29, 1.82) is 0 Å². The third-order valence-electron chi connectivity index (χ3n) is 4.05. The van der Waals surface area contributed by atoms with Gasteiger partial charge in [0.15, 0.2) is 0 Å². The van der Waals surface area contributed by atoms with Gasteiger partial charge in [0.1, 0.15) is 0 Å². The summed E-state index contributed by atoms with van der Waals surface area (Å²) in [5.41, 5.74) is 5.79. The minimum absolute atomic E-state index is 0.160. The lowest BCUT2D eigenvalue weighted by Crippen LogP contribution is -2.37. The van der Waals surface area contributed by atoms with E-state index in [0.29, 0.717) is 6.54 Å². The third-order valence-corrected chi connectivity index (χ3v) is 4.05. The molecule has 2 nitrogen and oxygen atoms in total. The molecule has 3 rings (SSSR count). The maximum Gasteiger partial charge on any atom is 0.254 e. The van der Waals surface area contributed by atoms with Gasteiger partial charge in [0.25, 0.3) is 5.91 Å². The average Bonchev–Trinajstić information content (AvgIpc) is 2.46. The second kappa shape index (κ2) is 5.12. The van der Waals surface area contributed by atoms with E-state index in [4.69, 9.17) is 0 Å². The van der Waals surface area contributed by atoms with Gasteiger partial charge in [-0.3, -0.25) is 4.79 Å². The molecule has 0 aliphatic carbocycles. The van der Waals surface area contributed by atoms with E-state index in [1.807, 2.05) is 23.1 Å². The minimum atomic E-state index is 0.160. The number of amides is 1. The van der Waals surface area contributed by atoms with Crippen molar-refractivity contribution in [2.75, 3.05) is 6.54 Å². The van der Waals surface area contributed by atoms with Gasteiger partial charge in [-0.1, -0.05) is 42.0 Å². The second-order valence-electron chi connectivity index (χ2n) is 5.56. The summed E-state index contributed by atoms with van der Waals surface area (Å²) in [7, 11) is 0. The highest BCUT2D eigenvalue weighted by Crippen LogP contribution is 2.21. The van der Waals surface area contributed by atoms with E-state index < -0.39 is 0 Å². The van der Waals surface area contributed by atoms with Gasteiger partial charge in [0.05, 0.1) is 0 Å². The highest BCUT2D eigenvalue weighted by molar-refractivity contribution is 5.96. The molecule has 2 aromatic rings. The van der Waals surface area contributed by atoms with Crippen LogP contribution in [0.5, 0.6) is 0 Å². The van der Waals surface area contributed by atoms with E-state index in [9.17, 15) is 4.79 Å². The summed E-state index contributed by atoms with van der Waals surface area (Å²) < 4.78 is 0. The second-order valence-corrected chi connectivity index (χ2v) is 5.56. The fourth-order valence-corrected chi connectivity index (χ4v) is 2.80. The van der Waals surface area contributed by atoms with E-state index in [1.54, 1.807) is 0 Å². The van der Waals surface area contributed by atoms with Gasteiger partial charge >= 0.3 is 0 Å². The Morgan fingerprint density at radius 3 is 2.75 bits per heavy atom. The van der Waals surface area contributed by atoms with E-state index in [-0.39, 0.29) is 5.91 Å². The van der Waals surface area contributed by atoms with Crippen molar-refractivity contribution in [2.24, 2.45) is 0 Å². The molecular formula is C18H19NO. The standard InChI is InChI=1S/C18H19NO/c1-13-7-8-14(2)16(11-13)12-19-10-9-15-5-3-4-6-17(15)18(19)20/h3-8,11H,9-10,12H2,1-2H3. The first-order chi connectivity index (χ1) is 9.65. The minimum Gasteiger partial charge on any atom is -0.334 e. The van der Waals surface area contributed by atoms with Gasteiger partial charge in [-0.05, 0) is 43.0 Å². The van der Waals surface area contributed by atoms with E-state index in [2.05, 4.69) is 38.1 Å². The first-order valence-corrected chi connectivity index (χ1v) is 7.08. The Balaban J connectivity index is 1.86. The molecule has 0 atom stereocenters. The summed E-state index contributed by atoms with van der Waals surface area (Å²) in [4.78, 5) is 14.5. The summed E-state index contributed by atoms with van der Waals surface area (Å²) in [5, 5.41) is 0. The number of aryl methyl sites for hydroxylation is 2. The Hall–Kier alpha value is -2.09. The number of carbonyl (C=O) groups is 1. The van der Waals surface area contributed by atoms with Gasteiger partial charge < -0.3 is 4.90 Å². The summed E-state index contributed by atoms with van der Waals surface area (Å²) in [6.07, 6.45) is 0.951. The molecule has 1 amide bonds. The number of hydrogen-bond acceptors (Lipinski definition) is 1. The molecular weight excluding hydrogens is 246 g/mol. The number of benzene rings is 2. The van der Waals surface area contributed by atoms with Crippen molar-refractivity contribution >= 4 is 5.91 Å². The Kier molecular flexibility index (Phi) is 3.31. The van der Waals surface area contributed by atoms with Crippen molar-refractivity contribution in [3.05, 3.63) is 70.3 Å². The average molecular weight is 265 g/mol. The van der Waals surface area contributed by atoms with Crippen molar-refractivity contribution in [2.45, 2.75) is 26.8 Å². The van der Waals surface area contributed by atoms with Crippen LogP contribution in [0.2, 0.25) is 0 Å². The molecule has 1 aliphatic rings. The molecule has 0 spiro atoms. The predicted octanol–water partition coefficient (Wildman–Crippen LogP) is 3.50. The maximum absolute atomic E-state index is 12.5. The molecule has 20 heavy (non-hydrogen) atoms. The first-order valence-electron chi connectivity index (χ1n) is 7.08. The number of hydrogen-bond donors (Lipinski definition) is 0. The molecule has 2 heteroatoms. The summed E-state index contributed by atoms with van der Waals surface area (Å²) in [6.45, 7) is 5.72.